The van der Waals surface area contributed by atoms with Gasteiger partial charge in [0.25, 0.3) is 0 Å². The van der Waals surface area contributed by atoms with Gasteiger partial charge in [0.05, 0.1) is 13.0 Å². The van der Waals surface area contributed by atoms with Crippen LogP contribution in [0.5, 0.6) is 5.75 Å². The van der Waals surface area contributed by atoms with Crippen LogP contribution >= 0.6 is 0 Å². The second-order valence-corrected chi connectivity index (χ2v) is 3.80. The summed E-state index contributed by atoms with van der Waals surface area (Å²) in [6.45, 7) is 1.58. The molecule has 96 valence electrons. The Morgan fingerprint density at radius 3 is 2.65 bits per heavy atom. The van der Waals surface area contributed by atoms with Crippen LogP contribution in [0.1, 0.15) is 31.4 Å². The molecule has 0 saturated carbocycles. The molecular formula is C12H16F3NO. The molecule has 0 aliphatic heterocycles. The Hall–Kier alpha value is -1.23. The van der Waals surface area contributed by atoms with Crippen molar-refractivity contribution in [1.29, 1.82) is 0 Å². The first kappa shape index (κ1) is 13.8. The molecule has 0 spiro atoms. The highest BCUT2D eigenvalue weighted by Crippen LogP contribution is 2.22. The molecule has 0 aliphatic carbocycles. The van der Waals surface area contributed by atoms with Crippen molar-refractivity contribution in [3.8, 4) is 5.75 Å². The van der Waals surface area contributed by atoms with E-state index in [-0.39, 0.29) is 12.6 Å². The number of hydrogen-bond acceptors (Lipinski definition) is 2. The molecule has 1 unspecified atom stereocenters. The SMILES string of the molecule is CCC(N)c1cccc(OCCC(F)(F)F)c1. The van der Waals surface area contributed by atoms with Gasteiger partial charge in [-0.2, -0.15) is 13.2 Å². The fraction of sp³-hybridized carbons (Fsp3) is 0.500. The maximum absolute atomic E-state index is 11.9. The number of hydrogen-bond donors (Lipinski definition) is 1. The van der Waals surface area contributed by atoms with Gasteiger partial charge in [0.15, 0.2) is 0 Å². The monoisotopic (exact) mass is 247 g/mol. The average Bonchev–Trinajstić information content (AvgIpc) is 2.27. The Balaban J connectivity index is 2.54. The normalized spacial score (nSPS) is 13.5. The minimum atomic E-state index is -4.18. The lowest BCUT2D eigenvalue weighted by Crippen LogP contribution is -2.13. The third-order valence-electron chi connectivity index (χ3n) is 2.38. The maximum Gasteiger partial charge on any atom is 0.392 e. The summed E-state index contributed by atoms with van der Waals surface area (Å²) in [7, 11) is 0. The molecule has 0 bridgehead atoms. The summed E-state index contributed by atoms with van der Waals surface area (Å²) in [5.41, 5.74) is 6.70. The molecule has 0 amide bonds. The summed E-state index contributed by atoms with van der Waals surface area (Å²) < 4.78 is 40.8. The van der Waals surface area contributed by atoms with E-state index < -0.39 is 12.6 Å². The highest BCUT2D eigenvalue weighted by atomic mass is 19.4. The van der Waals surface area contributed by atoms with Crippen molar-refractivity contribution in [2.75, 3.05) is 6.61 Å². The molecule has 5 heteroatoms. The first-order chi connectivity index (χ1) is 7.92. The topological polar surface area (TPSA) is 35.2 Å². The van der Waals surface area contributed by atoms with Crippen molar-refractivity contribution < 1.29 is 17.9 Å². The molecule has 0 heterocycles. The molecule has 0 fully saturated rings. The molecule has 2 N–H and O–H groups in total. The lowest BCUT2D eigenvalue weighted by Gasteiger charge is -2.12. The highest BCUT2D eigenvalue weighted by Gasteiger charge is 2.26. The van der Waals surface area contributed by atoms with Gasteiger partial charge in [0.1, 0.15) is 5.75 Å². The van der Waals surface area contributed by atoms with E-state index in [0.717, 1.165) is 12.0 Å². The van der Waals surface area contributed by atoms with Gasteiger partial charge in [-0.1, -0.05) is 19.1 Å². The summed E-state index contributed by atoms with van der Waals surface area (Å²) in [5.74, 6) is 0.427. The van der Waals surface area contributed by atoms with Gasteiger partial charge in [0.2, 0.25) is 0 Å². The van der Waals surface area contributed by atoms with Crippen LogP contribution in [-0.4, -0.2) is 12.8 Å². The summed E-state index contributed by atoms with van der Waals surface area (Å²) >= 11 is 0. The van der Waals surface area contributed by atoms with E-state index in [1.54, 1.807) is 18.2 Å². The van der Waals surface area contributed by atoms with Crippen molar-refractivity contribution in [3.05, 3.63) is 29.8 Å². The molecule has 1 aromatic rings. The van der Waals surface area contributed by atoms with Gasteiger partial charge in [-0.05, 0) is 24.1 Å². The molecule has 1 rings (SSSR count). The highest BCUT2D eigenvalue weighted by molar-refractivity contribution is 5.30. The second kappa shape index (κ2) is 5.91. The van der Waals surface area contributed by atoms with E-state index in [1.807, 2.05) is 13.0 Å². The molecule has 17 heavy (non-hydrogen) atoms. The van der Waals surface area contributed by atoms with Crippen LogP contribution in [0.25, 0.3) is 0 Å². The van der Waals surface area contributed by atoms with Crippen LogP contribution < -0.4 is 10.5 Å². The summed E-state index contributed by atoms with van der Waals surface area (Å²) in [6, 6.07) is 6.77. The average molecular weight is 247 g/mol. The van der Waals surface area contributed by atoms with E-state index in [9.17, 15) is 13.2 Å². The molecule has 0 aliphatic rings. The first-order valence-electron chi connectivity index (χ1n) is 5.47. The van der Waals surface area contributed by atoms with E-state index in [1.165, 1.54) is 0 Å². The van der Waals surface area contributed by atoms with Crippen molar-refractivity contribution in [1.82, 2.24) is 0 Å². The Kier molecular flexibility index (Phi) is 4.81. The lowest BCUT2D eigenvalue weighted by molar-refractivity contribution is -0.139. The minimum Gasteiger partial charge on any atom is -0.493 e. The zero-order valence-electron chi connectivity index (χ0n) is 9.63. The zero-order chi connectivity index (χ0) is 12.9. The number of ether oxygens (including phenoxy) is 1. The fourth-order valence-corrected chi connectivity index (χ4v) is 1.36. The first-order valence-corrected chi connectivity index (χ1v) is 5.47. The minimum absolute atomic E-state index is 0.110. The predicted octanol–water partition coefficient (Wildman–Crippen LogP) is 3.43. The van der Waals surface area contributed by atoms with Crippen molar-refractivity contribution in [2.45, 2.75) is 32.0 Å². The summed E-state index contributed by atoms with van der Waals surface area (Å²) in [4.78, 5) is 0. The summed E-state index contributed by atoms with van der Waals surface area (Å²) in [5, 5.41) is 0. The predicted molar refractivity (Wildman–Crippen MR) is 59.8 cm³/mol. The van der Waals surface area contributed by atoms with Crippen LogP contribution in [0.3, 0.4) is 0 Å². The third kappa shape index (κ3) is 5.08. The lowest BCUT2D eigenvalue weighted by atomic mass is 10.1. The number of benzene rings is 1. The molecule has 0 radical (unpaired) electrons. The number of rotatable bonds is 5. The fourth-order valence-electron chi connectivity index (χ4n) is 1.36. The van der Waals surface area contributed by atoms with Gasteiger partial charge in [-0.15, -0.1) is 0 Å². The van der Waals surface area contributed by atoms with E-state index in [2.05, 4.69) is 0 Å². The van der Waals surface area contributed by atoms with Gasteiger partial charge >= 0.3 is 6.18 Å². The standard InChI is InChI=1S/C12H16F3NO/c1-2-11(16)9-4-3-5-10(8-9)17-7-6-12(13,14)15/h3-5,8,11H,2,6-7,16H2,1H3. The number of nitrogens with two attached hydrogens (primary N) is 1. The van der Waals surface area contributed by atoms with Crippen LogP contribution in [0.4, 0.5) is 13.2 Å². The Bertz CT molecular complexity index is 352. The van der Waals surface area contributed by atoms with Crippen LogP contribution in [-0.2, 0) is 0 Å². The maximum atomic E-state index is 11.9. The molecule has 2 nitrogen and oxygen atoms in total. The van der Waals surface area contributed by atoms with E-state index >= 15 is 0 Å². The van der Waals surface area contributed by atoms with Crippen LogP contribution in [0, 0.1) is 0 Å². The van der Waals surface area contributed by atoms with Crippen LogP contribution in [0.15, 0.2) is 24.3 Å². The molecule has 1 aromatic carbocycles. The van der Waals surface area contributed by atoms with Gasteiger partial charge in [-0.25, -0.2) is 0 Å². The second-order valence-electron chi connectivity index (χ2n) is 3.80. The van der Waals surface area contributed by atoms with Crippen molar-refractivity contribution in [2.24, 2.45) is 5.73 Å². The van der Waals surface area contributed by atoms with Gasteiger partial charge < -0.3 is 10.5 Å². The Morgan fingerprint density at radius 1 is 1.35 bits per heavy atom. The quantitative estimate of drug-likeness (QED) is 0.865. The van der Waals surface area contributed by atoms with Crippen molar-refractivity contribution >= 4 is 0 Å². The van der Waals surface area contributed by atoms with E-state index in [0.29, 0.717) is 5.75 Å². The van der Waals surface area contributed by atoms with Gasteiger partial charge in [-0.3, -0.25) is 0 Å². The number of halogens is 3. The molecule has 1 atom stereocenters. The third-order valence-corrected chi connectivity index (χ3v) is 2.38. The molecule has 0 saturated heterocycles. The zero-order valence-corrected chi connectivity index (χ0v) is 9.63. The van der Waals surface area contributed by atoms with Crippen molar-refractivity contribution in [3.63, 3.8) is 0 Å². The Morgan fingerprint density at radius 2 is 2.06 bits per heavy atom. The van der Waals surface area contributed by atoms with Crippen LogP contribution in [0.2, 0.25) is 0 Å². The summed E-state index contributed by atoms with van der Waals surface area (Å²) in [6.07, 6.45) is -4.36. The molecule has 0 aromatic heterocycles. The Labute approximate surface area is 98.6 Å². The number of alkyl halides is 3. The largest absolute Gasteiger partial charge is 0.493 e. The van der Waals surface area contributed by atoms with E-state index in [4.69, 9.17) is 10.5 Å². The van der Waals surface area contributed by atoms with Gasteiger partial charge in [0, 0.05) is 6.04 Å². The smallest absolute Gasteiger partial charge is 0.392 e. The molecular weight excluding hydrogens is 231 g/mol.